The van der Waals surface area contributed by atoms with Crippen LogP contribution in [0.3, 0.4) is 0 Å². The highest BCUT2D eigenvalue weighted by atomic mass is 16.3. The first-order valence-electron chi connectivity index (χ1n) is 13.0. The maximum atomic E-state index is 13.0. The Morgan fingerprint density at radius 1 is 1.05 bits per heavy atom. The van der Waals surface area contributed by atoms with Gasteiger partial charge in [0.1, 0.15) is 23.4 Å². The molecule has 1 atom stereocenters. The number of aromatic nitrogens is 2. The third-order valence-corrected chi connectivity index (χ3v) is 6.84. The molecule has 0 radical (unpaired) electrons. The van der Waals surface area contributed by atoms with Gasteiger partial charge in [0.05, 0.1) is 18.7 Å². The molecular formula is C29H37N5O4. The van der Waals surface area contributed by atoms with Crippen molar-refractivity contribution in [1.82, 2.24) is 20.2 Å². The average Bonchev–Trinajstić information content (AvgIpc) is 2.92. The molecule has 38 heavy (non-hydrogen) atoms. The number of hydrogen-bond acceptors (Lipinski definition) is 8. The number of β-amino-alcohol motifs (C(OH)–C–C–N with tert-alkyl or cyclic N) is 1. The summed E-state index contributed by atoms with van der Waals surface area (Å²) in [6.45, 7) is 6.90. The van der Waals surface area contributed by atoms with Gasteiger partial charge in [-0.25, -0.2) is 9.97 Å². The molecule has 1 unspecified atom stereocenters. The van der Waals surface area contributed by atoms with Crippen LogP contribution in [0.15, 0.2) is 60.8 Å². The minimum atomic E-state index is -0.887. The zero-order valence-electron chi connectivity index (χ0n) is 22.0. The third-order valence-electron chi connectivity index (χ3n) is 6.84. The lowest BCUT2D eigenvalue weighted by Gasteiger charge is -2.35. The highest BCUT2D eigenvalue weighted by Gasteiger charge is 2.23. The van der Waals surface area contributed by atoms with Crippen molar-refractivity contribution >= 4 is 11.7 Å². The second kappa shape index (κ2) is 12.3. The number of rotatable bonds is 10. The number of anilines is 1. The van der Waals surface area contributed by atoms with Crippen molar-refractivity contribution in [3.05, 3.63) is 83.3 Å². The zero-order chi connectivity index (χ0) is 27.1. The highest BCUT2D eigenvalue weighted by molar-refractivity contribution is 5.79. The van der Waals surface area contributed by atoms with Crippen LogP contribution in [0.2, 0.25) is 0 Å². The smallest absolute Gasteiger partial charge is 0.227 e. The van der Waals surface area contributed by atoms with Crippen LogP contribution in [0, 0.1) is 0 Å². The van der Waals surface area contributed by atoms with E-state index in [0.29, 0.717) is 31.6 Å². The summed E-state index contributed by atoms with van der Waals surface area (Å²) >= 11 is 0. The number of nitrogens with one attached hydrogen (secondary N) is 1. The summed E-state index contributed by atoms with van der Waals surface area (Å²) in [6, 6.07) is 17.0. The normalized spacial score (nSPS) is 14.9. The van der Waals surface area contributed by atoms with E-state index in [4.69, 9.17) is 0 Å². The van der Waals surface area contributed by atoms with Gasteiger partial charge in [0.2, 0.25) is 5.91 Å². The van der Waals surface area contributed by atoms with Crippen molar-refractivity contribution < 1.29 is 20.1 Å². The number of benzene rings is 1. The molecule has 1 saturated heterocycles. The summed E-state index contributed by atoms with van der Waals surface area (Å²) in [4.78, 5) is 25.7. The molecule has 1 amide bonds. The molecule has 9 heteroatoms. The van der Waals surface area contributed by atoms with Crippen LogP contribution in [0.4, 0.5) is 5.82 Å². The van der Waals surface area contributed by atoms with Crippen molar-refractivity contribution in [2.45, 2.75) is 44.9 Å². The first-order valence-corrected chi connectivity index (χ1v) is 13.0. The van der Waals surface area contributed by atoms with Crippen molar-refractivity contribution in [2.75, 3.05) is 37.6 Å². The van der Waals surface area contributed by atoms with Gasteiger partial charge in [-0.05, 0) is 55.7 Å². The standard InChI is InChI=1S/C29H37N5O4/c1-29(2,31-19-26(37)23-9-10-25(36)24(20-35)32-23)18-22-7-5-6-21(16-22)17-28(38)34-14-12-33(13-15-34)27-8-3-4-11-30-27/h3-11,16,26,31,35-37H,12-15,17-20H2,1-2H3. The van der Waals surface area contributed by atoms with Crippen LogP contribution in [0.25, 0.3) is 0 Å². The van der Waals surface area contributed by atoms with E-state index in [1.54, 1.807) is 12.3 Å². The number of amides is 1. The van der Waals surface area contributed by atoms with Crippen LogP contribution in [0.1, 0.15) is 42.5 Å². The van der Waals surface area contributed by atoms with Gasteiger partial charge in [0.15, 0.2) is 0 Å². The number of aromatic hydroxyl groups is 1. The number of piperazine rings is 1. The molecule has 0 bridgehead atoms. The molecule has 4 rings (SSSR count). The summed E-state index contributed by atoms with van der Waals surface area (Å²) < 4.78 is 0. The number of carbonyl (C=O) groups is 1. The van der Waals surface area contributed by atoms with E-state index in [-0.39, 0.29) is 29.4 Å². The Bertz CT molecular complexity index is 1210. The molecule has 1 fully saturated rings. The molecule has 2 aromatic heterocycles. The lowest BCUT2D eigenvalue weighted by atomic mass is 9.93. The fraction of sp³-hybridized carbons (Fsp3) is 0.414. The molecule has 0 aliphatic carbocycles. The second-order valence-corrected chi connectivity index (χ2v) is 10.4. The quantitative estimate of drug-likeness (QED) is 0.322. The fourth-order valence-electron chi connectivity index (χ4n) is 4.72. The molecule has 1 aromatic carbocycles. The fourth-order valence-corrected chi connectivity index (χ4v) is 4.72. The van der Waals surface area contributed by atoms with Gasteiger partial charge in [-0.3, -0.25) is 4.79 Å². The van der Waals surface area contributed by atoms with Gasteiger partial charge in [0, 0.05) is 44.5 Å². The van der Waals surface area contributed by atoms with Crippen LogP contribution in [-0.4, -0.2) is 74.4 Å². The summed E-state index contributed by atoms with van der Waals surface area (Å²) in [5, 5.41) is 33.0. The highest BCUT2D eigenvalue weighted by Crippen LogP contribution is 2.21. The van der Waals surface area contributed by atoms with Crippen LogP contribution < -0.4 is 10.2 Å². The summed E-state index contributed by atoms with van der Waals surface area (Å²) in [5.41, 5.74) is 2.29. The SMILES string of the molecule is CC(C)(Cc1cccc(CC(=O)N2CCN(c3ccccn3)CC2)c1)NCC(O)c1ccc(O)c(CO)n1. The van der Waals surface area contributed by atoms with Gasteiger partial charge >= 0.3 is 0 Å². The minimum absolute atomic E-state index is 0.0955. The van der Waals surface area contributed by atoms with Crippen LogP contribution in [-0.2, 0) is 24.2 Å². The van der Waals surface area contributed by atoms with E-state index in [0.717, 1.165) is 30.0 Å². The lowest BCUT2D eigenvalue weighted by molar-refractivity contribution is -0.130. The predicted octanol–water partition coefficient (Wildman–Crippen LogP) is 2.21. The van der Waals surface area contributed by atoms with E-state index in [1.807, 2.05) is 35.2 Å². The summed E-state index contributed by atoms with van der Waals surface area (Å²) in [5.74, 6) is 0.985. The Balaban J connectivity index is 1.28. The molecule has 4 N–H and O–H groups in total. The van der Waals surface area contributed by atoms with Crippen molar-refractivity contribution in [3.8, 4) is 5.75 Å². The lowest BCUT2D eigenvalue weighted by Crippen LogP contribution is -2.49. The molecule has 202 valence electrons. The monoisotopic (exact) mass is 519 g/mol. The number of nitrogens with zero attached hydrogens (tertiary/aromatic N) is 4. The number of pyridine rings is 2. The van der Waals surface area contributed by atoms with Gasteiger partial charge in [0.25, 0.3) is 0 Å². The number of aliphatic hydroxyl groups excluding tert-OH is 2. The maximum Gasteiger partial charge on any atom is 0.227 e. The predicted molar refractivity (Wildman–Crippen MR) is 146 cm³/mol. The second-order valence-electron chi connectivity index (χ2n) is 10.4. The molecule has 3 aromatic rings. The average molecular weight is 520 g/mol. The Morgan fingerprint density at radius 3 is 2.53 bits per heavy atom. The van der Waals surface area contributed by atoms with Crippen molar-refractivity contribution in [2.24, 2.45) is 0 Å². The molecule has 9 nitrogen and oxygen atoms in total. The maximum absolute atomic E-state index is 13.0. The topological polar surface area (TPSA) is 122 Å². The Morgan fingerprint density at radius 2 is 1.82 bits per heavy atom. The Kier molecular flexibility index (Phi) is 8.93. The molecule has 0 spiro atoms. The summed E-state index contributed by atoms with van der Waals surface area (Å²) in [7, 11) is 0. The van der Waals surface area contributed by atoms with Gasteiger partial charge < -0.3 is 30.4 Å². The first kappa shape index (κ1) is 27.5. The third kappa shape index (κ3) is 7.28. The molecular weight excluding hydrogens is 482 g/mol. The van der Waals surface area contributed by atoms with E-state index in [1.165, 1.54) is 6.07 Å². The largest absolute Gasteiger partial charge is 0.506 e. The molecule has 1 aliphatic heterocycles. The van der Waals surface area contributed by atoms with Crippen LogP contribution >= 0.6 is 0 Å². The molecule has 0 saturated carbocycles. The molecule has 1 aliphatic rings. The summed E-state index contributed by atoms with van der Waals surface area (Å²) in [6.07, 6.45) is 1.97. The Labute approximate surface area is 223 Å². The van der Waals surface area contributed by atoms with E-state index in [2.05, 4.69) is 46.2 Å². The Hall–Kier alpha value is -3.53. The first-order chi connectivity index (χ1) is 18.2. The zero-order valence-corrected chi connectivity index (χ0v) is 22.0. The van der Waals surface area contributed by atoms with E-state index in [9.17, 15) is 20.1 Å². The van der Waals surface area contributed by atoms with Crippen molar-refractivity contribution in [3.63, 3.8) is 0 Å². The van der Waals surface area contributed by atoms with Gasteiger partial charge in [-0.2, -0.15) is 0 Å². The number of aliphatic hydroxyl groups is 2. The van der Waals surface area contributed by atoms with E-state index >= 15 is 0 Å². The van der Waals surface area contributed by atoms with Crippen LogP contribution in [0.5, 0.6) is 5.75 Å². The van der Waals surface area contributed by atoms with Gasteiger partial charge in [-0.15, -0.1) is 0 Å². The van der Waals surface area contributed by atoms with E-state index < -0.39 is 12.7 Å². The number of hydrogen-bond donors (Lipinski definition) is 4. The minimum Gasteiger partial charge on any atom is -0.506 e. The molecule has 3 heterocycles. The number of carbonyl (C=O) groups excluding carboxylic acids is 1. The van der Waals surface area contributed by atoms with Gasteiger partial charge in [-0.1, -0.05) is 30.3 Å². The van der Waals surface area contributed by atoms with Crippen molar-refractivity contribution in [1.29, 1.82) is 0 Å².